The van der Waals surface area contributed by atoms with Crippen molar-refractivity contribution in [3.63, 3.8) is 0 Å². The van der Waals surface area contributed by atoms with Crippen LogP contribution in [-0.2, 0) is 22.6 Å². The van der Waals surface area contributed by atoms with Crippen LogP contribution in [0.1, 0.15) is 79.6 Å². The minimum Gasteiger partial charge on any atom is -0.508 e. The van der Waals surface area contributed by atoms with Gasteiger partial charge < -0.3 is 30.3 Å². The number of thioether (sulfide) groups is 1. The number of aromatic hydroxyl groups is 1. The molecule has 10 rings (SSSR count). The van der Waals surface area contributed by atoms with Crippen molar-refractivity contribution in [3.8, 4) is 22.6 Å². The molecule has 4 aromatic carbocycles. The van der Waals surface area contributed by atoms with Crippen LogP contribution in [0.2, 0.25) is 0 Å². The second-order valence-electron chi connectivity index (χ2n) is 15.8. The van der Waals surface area contributed by atoms with Crippen LogP contribution in [0.15, 0.2) is 102 Å². The van der Waals surface area contributed by atoms with Crippen LogP contribution in [0.3, 0.4) is 0 Å². The third kappa shape index (κ3) is 7.86. The molecule has 2 heterocycles. The van der Waals surface area contributed by atoms with Crippen LogP contribution in [-0.4, -0.2) is 53.8 Å². The Kier molecular flexibility index (Phi) is 10.1. The Morgan fingerprint density at radius 2 is 1.53 bits per heavy atom. The average molecular weight is 759 g/mol. The predicted octanol–water partition coefficient (Wildman–Crippen LogP) is 7.63. The number of rotatable bonds is 11. The molecule has 1 aromatic heterocycles. The van der Waals surface area contributed by atoms with E-state index in [1.807, 2.05) is 36.4 Å². The predicted molar refractivity (Wildman–Crippen MR) is 208 cm³/mol. The number of carbonyl (C=O) groups is 1. The van der Waals surface area contributed by atoms with Gasteiger partial charge in [-0.05, 0) is 119 Å². The van der Waals surface area contributed by atoms with E-state index in [1.54, 1.807) is 28.9 Å². The van der Waals surface area contributed by atoms with E-state index in [9.17, 15) is 15.0 Å². The molecular weight excluding hydrogens is 713 g/mol. The largest absolute Gasteiger partial charge is 0.508 e. The van der Waals surface area contributed by atoms with Gasteiger partial charge in [0.15, 0.2) is 6.29 Å². The summed E-state index contributed by atoms with van der Waals surface area (Å²) >= 11 is 1.50. The molecule has 5 fully saturated rings. The molecule has 1 saturated heterocycles. The van der Waals surface area contributed by atoms with Crippen LogP contribution < -0.4 is 10.6 Å². The smallest absolute Gasteiger partial charge is 0.315 e. The number of amides is 2. The minimum absolute atomic E-state index is 0.0207. The number of phenolic OH excluding ortho intramolecular Hbond substituents is 1. The monoisotopic (exact) mass is 758 g/mol. The van der Waals surface area contributed by atoms with Gasteiger partial charge in [-0.15, -0.1) is 5.10 Å². The lowest BCUT2D eigenvalue weighted by Gasteiger charge is -2.56. The molecule has 55 heavy (non-hydrogen) atoms. The van der Waals surface area contributed by atoms with Gasteiger partial charge in [0, 0.05) is 29.8 Å². The summed E-state index contributed by atoms with van der Waals surface area (Å²) in [5, 5.41) is 38.9. The van der Waals surface area contributed by atoms with Gasteiger partial charge in [-0.1, -0.05) is 84.6 Å². The van der Waals surface area contributed by atoms with Gasteiger partial charge in [-0.3, -0.25) is 0 Å². The normalized spacial score (nSPS) is 26.9. The van der Waals surface area contributed by atoms with Crippen molar-refractivity contribution in [1.29, 1.82) is 0 Å². The van der Waals surface area contributed by atoms with Crippen LogP contribution in [0, 0.1) is 17.8 Å². The molecule has 0 spiro atoms. The molecule has 3 atom stereocenters. The van der Waals surface area contributed by atoms with E-state index in [-0.39, 0.29) is 36.1 Å². The number of nitrogens with one attached hydrogen (secondary N) is 2. The summed E-state index contributed by atoms with van der Waals surface area (Å²) in [5.41, 5.74) is 6.64. The molecule has 0 radical (unpaired) electrons. The lowest BCUT2D eigenvalue weighted by molar-refractivity contribution is -0.245. The van der Waals surface area contributed by atoms with Gasteiger partial charge in [-0.25, -0.2) is 4.79 Å². The second kappa shape index (κ2) is 15.4. The molecule has 0 unspecified atom stereocenters. The van der Waals surface area contributed by atoms with Crippen LogP contribution in [0.5, 0.6) is 5.75 Å². The highest BCUT2D eigenvalue weighted by Gasteiger charge is 2.51. The third-order valence-corrected chi connectivity index (χ3v) is 13.0. The fourth-order valence-corrected chi connectivity index (χ4v) is 10.6. The first-order valence-electron chi connectivity index (χ1n) is 19.3. The molecule has 5 aliphatic rings. The van der Waals surface area contributed by atoms with Crippen LogP contribution in [0.25, 0.3) is 16.8 Å². The van der Waals surface area contributed by atoms with Gasteiger partial charge >= 0.3 is 6.03 Å². The number of aliphatic hydroxyl groups is 1. The number of urea groups is 1. The maximum atomic E-state index is 13.3. The van der Waals surface area contributed by atoms with Crippen molar-refractivity contribution in [1.82, 2.24) is 30.8 Å². The van der Waals surface area contributed by atoms with E-state index in [0.717, 1.165) is 76.1 Å². The summed E-state index contributed by atoms with van der Waals surface area (Å²) in [6, 6.07) is 31.0. The van der Waals surface area contributed by atoms with Gasteiger partial charge in [0.05, 0.1) is 24.5 Å². The van der Waals surface area contributed by atoms with E-state index in [4.69, 9.17) is 9.47 Å². The molecule has 12 heteroatoms. The first-order valence-corrected chi connectivity index (χ1v) is 20.3. The van der Waals surface area contributed by atoms with E-state index < -0.39 is 6.29 Å². The summed E-state index contributed by atoms with van der Waals surface area (Å²) in [6.07, 6.45) is 7.00. The van der Waals surface area contributed by atoms with Gasteiger partial charge in [0.25, 0.3) is 0 Å². The molecule has 4 N–H and O–H groups in total. The number of aromatic nitrogens is 4. The standard InChI is InChI=1S/C43H46N6O5S/c50-25-27-5-7-32(8-6-27)39-20-37(26-55-42-46-47-48-49(42)35-13-15-36(51)16-14-35)53-40(54-39)33-11-9-31(10-12-33)38-4-2-1-3-34(38)24-44-41(52)45-43-21-28-17-29(22-43)19-30(18-28)23-43/h1-16,28-30,37,39-40,50-51H,17-26H2,(H2,44,45,52)/t28?,29?,30?,37-,39+,40+,43?/m1/s1. The molecular formula is C43H46N6O5S. The van der Waals surface area contributed by atoms with Crippen molar-refractivity contribution in [2.24, 2.45) is 17.8 Å². The van der Waals surface area contributed by atoms with E-state index in [1.165, 1.54) is 31.0 Å². The molecule has 4 aliphatic carbocycles. The number of nitrogens with zero attached hydrogens (tertiary/aromatic N) is 4. The summed E-state index contributed by atoms with van der Waals surface area (Å²) < 4.78 is 14.9. The number of tetrazole rings is 1. The van der Waals surface area contributed by atoms with Crippen LogP contribution in [0.4, 0.5) is 4.79 Å². The molecule has 2 amide bonds. The first-order chi connectivity index (χ1) is 26.9. The Labute approximate surface area is 324 Å². The number of phenols is 1. The molecule has 4 saturated carbocycles. The highest BCUT2D eigenvalue weighted by atomic mass is 32.2. The molecule has 5 aromatic rings. The molecule has 11 nitrogen and oxygen atoms in total. The number of ether oxygens (including phenoxy) is 2. The number of aliphatic hydroxyl groups excluding tert-OH is 1. The van der Waals surface area contributed by atoms with Crippen molar-refractivity contribution in [3.05, 3.63) is 119 Å². The lowest BCUT2D eigenvalue weighted by Crippen LogP contribution is -2.61. The molecule has 4 bridgehead atoms. The molecule has 284 valence electrons. The topological polar surface area (TPSA) is 144 Å². The Morgan fingerprint density at radius 1 is 0.836 bits per heavy atom. The lowest BCUT2D eigenvalue weighted by atomic mass is 9.53. The maximum Gasteiger partial charge on any atom is 0.315 e. The van der Waals surface area contributed by atoms with E-state index in [2.05, 4.69) is 62.6 Å². The number of carbonyl (C=O) groups excluding carboxylic acids is 1. The summed E-state index contributed by atoms with van der Waals surface area (Å²) in [6.45, 7) is 0.421. The fourth-order valence-electron chi connectivity index (χ4n) is 9.72. The van der Waals surface area contributed by atoms with E-state index in [0.29, 0.717) is 23.9 Å². The van der Waals surface area contributed by atoms with Gasteiger partial charge in [-0.2, -0.15) is 4.68 Å². The minimum atomic E-state index is -0.616. The van der Waals surface area contributed by atoms with Crippen molar-refractivity contribution in [2.45, 2.75) is 87.3 Å². The Balaban J connectivity index is 0.888. The average Bonchev–Trinajstić information content (AvgIpc) is 3.68. The van der Waals surface area contributed by atoms with Crippen molar-refractivity contribution >= 4 is 17.8 Å². The SMILES string of the molecule is O=C(NCc1ccccc1-c1ccc([C@H]2O[C@@H](CSc3nnnn3-c3ccc(O)cc3)C[C@@H](c3ccc(CO)cc3)O2)cc1)NC12CC3CC(CC(C3)C1)C2. The Morgan fingerprint density at radius 3 is 2.24 bits per heavy atom. The first kappa shape index (κ1) is 35.9. The quantitative estimate of drug-likeness (QED) is 0.100. The third-order valence-electron chi connectivity index (χ3n) is 11.9. The molecule has 1 aliphatic heterocycles. The number of benzene rings is 4. The fraction of sp³-hybridized carbons (Fsp3) is 0.395. The van der Waals surface area contributed by atoms with E-state index >= 15 is 0 Å². The highest BCUT2D eigenvalue weighted by Crippen LogP contribution is 2.55. The highest BCUT2D eigenvalue weighted by molar-refractivity contribution is 7.99. The second-order valence-corrected chi connectivity index (χ2v) is 16.8. The van der Waals surface area contributed by atoms with Gasteiger partial charge in [0.1, 0.15) is 5.75 Å². The van der Waals surface area contributed by atoms with Crippen molar-refractivity contribution in [2.75, 3.05) is 5.75 Å². The Hall–Kier alpha value is -4.75. The zero-order chi connectivity index (χ0) is 37.4. The summed E-state index contributed by atoms with van der Waals surface area (Å²) in [4.78, 5) is 13.3. The number of hydrogen-bond donors (Lipinski definition) is 4. The van der Waals surface area contributed by atoms with Crippen molar-refractivity contribution < 1.29 is 24.5 Å². The van der Waals surface area contributed by atoms with Gasteiger partial charge in [0.2, 0.25) is 5.16 Å². The number of hydrogen-bond acceptors (Lipinski definition) is 9. The Bertz CT molecular complexity index is 2070. The van der Waals surface area contributed by atoms with Crippen LogP contribution >= 0.6 is 11.8 Å². The summed E-state index contributed by atoms with van der Waals surface area (Å²) in [7, 11) is 0. The zero-order valence-electron chi connectivity index (χ0n) is 30.6. The summed E-state index contributed by atoms with van der Waals surface area (Å²) in [5.74, 6) is 3.08. The zero-order valence-corrected chi connectivity index (χ0v) is 31.4. The maximum absolute atomic E-state index is 13.3.